The van der Waals surface area contributed by atoms with Gasteiger partial charge in [0.1, 0.15) is 24.3 Å². The standard InChI is InChI=1S/C18H19ClFNO2/c19-17-9-15(20)5-6-18(17)23-12-16(22)11-21-8-7-13-3-1-2-4-14(13)10-21/h1-6,9,16,22H,7-8,10-12H2/t16-/m0/s1. The molecule has 23 heavy (non-hydrogen) atoms. The first-order chi connectivity index (χ1) is 11.1. The van der Waals surface area contributed by atoms with Gasteiger partial charge in [-0.2, -0.15) is 0 Å². The first kappa shape index (κ1) is 16.2. The second-order valence-corrected chi connectivity index (χ2v) is 6.20. The minimum absolute atomic E-state index is 0.128. The minimum atomic E-state index is -0.624. The van der Waals surface area contributed by atoms with Crippen LogP contribution in [0.3, 0.4) is 0 Å². The van der Waals surface area contributed by atoms with Gasteiger partial charge >= 0.3 is 0 Å². The van der Waals surface area contributed by atoms with Crippen LogP contribution >= 0.6 is 11.6 Å². The molecule has 1 heterocycles. The molecule has 2 aromatic rings. The Morgan fingerprint density at radius 1 is 1.22 bits per heavy atom. The van der Waals surface area contributed by atoms with Crippen LogP contribution < -0.4 is 4.74 Å². The number of nitrogens with zero attached hydrogens (tertiary/aromatic N) is 1. The van der Waals surface area contributed by atoms with Crippen molar-refractivity contribution < 1.29 is 14.2 Å². The van der Waals surface area contributed by atoms with Crippen molar-refractivity contribution in [2.45, 2.75) is 19.1 Å². The lowest BCUT2D eigenvalue weighted by atomic mass is 10.00. The van der Waals surface area contributed by atoms with Crippen LogP contribution in [0.5, 0.6) is 5.75 Å². The van der Waals surface area contributed by atoms with Crippen LogP contribution in [0.4, 0.5) is 4.39 Å². The van der Waals surface area contributed by atoms with Gasteiger partial charge in [0, 0.05) is 19.6 Å². The summed E-state index contributed by atoms with van der Waals surface area (Å²) in [5.41, 5.74) is 2.70. The van der Waals surface area contributed by atoms with Crippen molar-refractivity contribution in [3.8, 4) is 5.75 Å². The van der Waals surface area contributed by atoms with Gasteiger partial charge in [0.2, 0.25) is 0 Å². The Kier molecular flexibility index (Phi) is 5.16. The van der Waals surface area contributed by atoms with E-state index in [0.717, 1.165) is 19.5 Å². The normalized spacial score (nSPS) is 16.0. The van der Waals surface area contributed by atoms with E-state index in [0.29, 0.717) is 12.3 Å². The topological polar surface area (TPSA) is 32.7 Å². The van der Waals surface area contributed by atoms with Crippen LogP contribution in [0.15, 0.2) is 42.5 Å². The molecule has 0 bridgehead atoms. The number of hydrogen-bond acceptors (Lipinski definition) is 3. The number of ether oxygens (including phenoxy) is 1. The largest absolute Gasteiger partial charge is 0.489 e. The van der Waals surface area contributed by atoms with Gasteiger partial charge in [0.05, 0.1) is 5.02 Å². The third-order valence-corrected chi connectivity index (χ3v) is 4.30. The molecule has 1 atom stereocenters. The molecule has 0 aliphatic carbocycles. The van der Waals surface area contributed by atoms with Crippen LogP contribution in [-0.2, 0) is 13.0 Å². The Balaban J connectivity index is 1.51. The summed E-state index contributed by atoms with van der Waals surface area (Å²) in [6.45, 7) is 2.42. The smallest absolute Gasteiger partial charge is 0.138 e. The lowest BCUT2D eigenvalue weighted by Crippen LogP contribution is -2.38. The Bertz CT molecular complexity index is 680. The molecule has 5 heteroatoms. The quantitative estimate of drug-likeness (QED) is 0.910. The fourth-order valence-corrected chi connectivity index (χ4v) is 3.06. The summed E-state index contributed by atoms with van der Waals surface area (Å²) in [5.74, 6) is -0.0222. The average molecular weight is 336 g/mol. The fraction of sp³-hybridized carbons (Fsp3) is 0.333. The third-order valence-electron chi connectivity index (χ3n) is 4.00. The zero-order chi connectivity index (χ0) is 16.2. The highest BCUT2D eigenvalue weighted by molar-refractivity contribution is 6.32. The van der Waals surface area contributed by atoms with Gasteiger partial charge in [0.15, 0.2) is 0 Å². The molecule has 3 rings (SSSR count). The second-order valence-electron chi connectivity index (χ2n) is 5.79. The van der Waals surface area contributed by atoms with Crippen molar-refractivity contribution in [3.63, 3.8) is 0 Å². The Hall–Kier alpha value is -1.62. The van der Waals surface area contributed by atoms with Crippen molar-refractivity contribution in [2.24, 2.45) is 0 Å². The van der Waals surface area contributed by atoms with Gasteiger partial charge in [-0.25, -0.2) is 4.39 Å². The highest BCUT2D eigenvalue weighted by Crippen LogP contribution is 2.25. The maximum Gasteiger partial charge on any atom is 0.138 e. The molecule has 0 spiro atoms. The molecule has 0 saturated heterocycles. The van der Waals surface area contributed by atoms with E-state index in [9.17, 15) is 9.50 Å². The summed E-state index contributed by atoms with van der Waals surface area (Å²) in [6, 6.07) is 12.3. The maximum atomic E-state index is 13.0. The van der Waals surface area contributed by atoms with Gasteiger partial charge in [-0.15, -0.1) is 0 Å². The molecule has 2 aromatic carbocycles. The average Bonchev–Trinajstić information content (AvgIpc) is 2.54. The van der Waals surface area contributed by atoms with Gasteiger partial charge in [-0.05, 0) is 35.7 Å². The number of benzene rings is 2. The first-order valence-electron chi connectivity index (χ1n) is 7.67. The zero-order valence-corrected chi connectivity index (χ0v) is 13.5. The molecule has 122 valence electrons. The molecule has 0 amide bonds. The zero-order valence-electron chi connectivity index (χ0n) is 12.7. The molecule has 0 aromatic heterocycles. The molecular weight excluding hydrogens is 317 g/mol. The molecule has 0 fully saturated rings. The van der Waals surface area contributed by atoms with E-state index in [2.05, 4.69) is 23.1 Å². The second kappa shape index (κ2) is 7.30. The van der Waals surface area contributed by atoms with Crippen LogP contribution in [-0.4, -0.2) is 35.8 Å². The van der Waals surface area contributed by atoms with Gasteiger partial charge in [-0.1, -0.05) is 35.9 Å². The van der Waals surface area contributed by atoms with E-state index >= 15 is 0 Å². The number of hydrogen-bond donors (Lipinski definition) is 1. The molecule has 1 aliphatic rings. The van der Waals surface area contributed by atoms with Crippen molar-refractivity contribution in [2.75, 3.05) is 19.7 Å². The van der Waals surface area contributed by atoms with E-state index in [1.807, 2.05) is 6.07 Å². The van der Waals surface area contributed by atoms with Crippen LogP contribution in [0, 0.1) is 5.82 Å². The van der Waals surface area contributed by atoms with Crippen LogP contribution in [0.25, 0.3) is 0 Å². The minimum Gasteiger partial charge on any atom is -0.489 e. The Morgan fingerprint density at radius 2 is 2.00 bits per heavy atom. The highest BCUT2D eigenvalue weighted by Gasteiger charge is 2.19. The van der Waals surface area contributed by atoms with E-state index < -0.39 is 11.9 Å². The maximum absolute atomic E-state index is 13.0. The van der Waals surface area contributed by atoms with Crippen LogP contribution in [0.2, 0.25) is 5.02 Å². The number of aliphatic hydroxyl groups excluding tert-OH is 1. The van der Waals surface area contributed by atoms with E-state index in [1.165, 1.54) is 29.3 Å². The molecule has 0 radical (unpaired) electrons. The van der Waals surface area contributed by atoms with Crippen molar-refractivity contribution in [3.05, 3.63) is 64.4 Å². The lowest BCUT2D eigenvalue weighted by Gasteiger charge is -2.30. The summed E-state index contributed by atoms with van der Waals surface area (Å²) < 4.78 is 18.5. The summed E-state index contributed by atoms with van der Waals surface area (Å²) >= 11 is 5.90. The first-order valence-corrected chi connectivity index (χ1v) is 8.04. The van der Waals surface area contributed by atoms with Gasteiger partial charge in [-0.3, -0.25) is 4.90 Å². The van der Waals surface area contributed by atoms with E-state index in [4.69, 9.17) is 16.3 Å². The predicted octanol–water partition coefficient (Wildman–Crippen LogP) is 3.28. The number of halogens is 2. The lowest BCUT2D eigenvalue weighted by molar-refractivity contribution is 0.0638. The van der Waals surface area contributed by atoms with E-state index in [-0.39, 0.29) is 11.6 Å². The fourth-order valence-electron chi connectivity index (χ4n) is 2.84. The summed E-state index contributed by atoms with van der Waals surface area (Å²) in [4.78, 5) is 2.21. The van der Waals surface area contributed by atoms with E-state index in [1.54, 1.807) is 0 Å². The SMILES string of the molecule is O[C@H](COc1ccc(F)cc1Cl)CN1CCc2ccccc2C1. The molecule has 1 N–H and O–H groups in total. The summed E-state index contributed by atoms with van der Waals surface area (Å²) in [7, 11) is 0. The van der Waals surface area contributed by atoms with Crippen molar-refractivity contribution >= 4 is 11.6 Å². The summed E-state index contributed by atoms with van der Waals surface area (Å²) in [6.07, 6.45) is 0.370. The molecule has 1 aliphatic heterocycles. The number of rotatable bonds is 5. The number of aliphatic hydroxyl groups is 1. The van der Waals surface area contributed by atoms with Crippen LogP contribution in [0.1, 0.15) is 11.1 Å². The molecule has 0 saturated carbocycles. The summed E-state index contributed by atoms with van der Waals surface area (Å²) in [5, 5.41) is 10.4. The Labute approximate surface area is 140 Å². The van der Waals surface area contributed by atoms with Crippen molar-refractivity contribution in [1.29, 1.82) is 0 Å². The Morgan fingerprint density at radius 3 is 2.78 bits per heavy atom. The molecule has 0 unspecified atom stereocenters. The highest BCUT2D eigenvalue weighted by atomic mass is 35.5. The molecule has 3 nitrogen and oxygen atoms in total. The number of fused-ring (bicyclic) bond motifs is 1. The van der Waals surface area contributed by atoms with Gasteiger partial charge < -0.3 is 9.84 Å². The molecular formula is C18H19ClFNO2. The monoisotopic (exact) mass is 335 g/mol. The van der Waals surface area contributed by atoms with Crippen molar-refractivity contribution in [1.82, 2.24) is 4.90 Å². The third kappa shape index (κ3) is 4.22. The predicted molar refractivity (Wildman–Crippen MR) is 88.3 cm³/mol. The number of β-amino-alcohol motifs (C(OH)–C–C–N with tert-alkyl or cyclic N) is 1. The van der Waals surface area contributed by atoms with Gasteiger partial charge in [0.25, 0.3) is 0 Å².